The van der Waals surface area contributed by atoms with Crippen LogP contribution in [0.2, 0.25) is 0 Å². The van der Waals surface area contributed by atoms with Crippen LogP contribution in [-0.4, -0.2) is 10.5 Å². The molecule has 0 spiro atoms. The Hall–Kier alpha value is -2.62. The smallest absolute Gasteiger partial charge is 0.247 e. The maximum Gasteiger partial charge on any atom is 0.247 e. The monoisotopic (exact) mass is 294 g/mol. The zero-order chi connectivity index (χ0) is 15.3. The number of aryl methyl sites for hydroxylation is 1. The summed E-state index contributed by atoms with van der Waals surface area (Å²) in [6.07, 6.45) is 1.80. The first kappa shape index (κ1) is 13.1. The molecule has 110 valence electrons. The zero-order valence-electron chi connectivity index (χ0n) is 12.1. The minimum absolute atomic E-state index is 0.0557. The predicted molar refractivity (Wildman–Crippen MR) is 83.1 cm³/mol. The summed E-state index contributed by atoms with van der Waals surface area (Å²) in [5, 5.41) is 3.47. The van der Waals surface area contributed by atoms with E-state index in [2.05, 4.69) is 5.32 Å². The van der Waals surface area contributed by atoms with Crippen molar-refractivity contribution in [1.29, 1.82) is 0 Å². The Morgan fingerprint density at radius 3 is 2.86 bits per heavy atom. The Labute approximate surface area is 127 Å². The van der Waals surface area contributed by atoms with Crippen molar-refractivity contribution in [3.8, 4) is 0 Å². The molecule has 0 bridgehead atoms. The maximum absolute atomic E-state index is 14.0. The van der Waals surface area contributed by atoms with E-state index in [0.29, 0.717) is 11.9 Å². The average molecular weight is 294 g/mol. The normalized spacial score (nSPS) is 17.4. The SMILES string of the molecule is Cc1ccc(F)c2ccn(C3C(=O)NCc4ccccc43)c12. The zero-order valence-corrected chi connectivity index (χ0v) is 12.1. The van der Waals surface area contributed by atoms with Crippen LogP contribution in [0.4, 0.5) is 4.39 Å². The number of carbonyl (C=O) groups excluding carboxylic acids is 1. The fourth-order valence-corrected chi connectivity index (χ4v) is 3.30. The number of halogens is 1. The molecule has 0 aliphatic carbocycles. The highest BCUT2D eigenvalue weighted by Crippen LogP contribution is 2.32. The van der Waals surface area contributed by atoms with Gasteiger partial charge in [0.15, 0.2) is 0 Å². The van der Waals surface area contributed by atoms with Crippen molar-refractivity contribution < 1.29 is 9.18 Å². The van der Waals surface area contributed by atoms with Crippen molar-refractivity contribution in [3.63, 3.8) is 0 Å². The molecular formula is C18H15FN2O. The quantitative estimate of drug-likeness (QED) is 0.734. The number of hydrogen-bond acceptors (Lipinski definition) is 1. The summed E-state index contributed by atoms with van der Waals surface area (Å²) < 4.78 is 15.9. The van der Waals surface area contributed by atoms with Crippen molar-refractivity contribution in [2.24, 2.45) is 0 Å². The number of aromatic nitrogens is 1. The molecule has 0 saturated heterocycles. The highest BCUT2D eigenvalue weighted by Gasteiger charge is 2.29. The Bertz CT molecular complexity index is 897. The summed E-state index contributed by atoms with van der Waals surface area (Å²) >= 11 is 0. The van der Waals surface area contributed by atoms with Gasteiger partial charge >= 0.3 is 0 Å². The molecule has 1 aromatic heterocycles. The second-order valence-electron chi connectivity index (χ2n) is 5.67. The van der Waals surface area contributed by atoms with Crippen LogP contribution in [-0.2, 0) is 11.3 Å². The van der Waals surface area contributed by atoms with Crippen LogP contribution in [0.25, 0.3) is 10.9 Å². The topological polar surface area (TPSA) is 34.0 Å². The summed E-state index contributed by atoms with van der Waals surface area (Å²) in [5.41, 5.74) is 3.81. The van der Waals surface area contributed by atoms with Gasteiger partial charge in [0.1, 0.15) is 11.9 Å². The van der Waals surface area contributed by atoms with Crippen LogP contribution in [0, 0.1) is 12.7 Å². The second kappa shape index (κ2) is 4.70. The third-order valence-electron chi connectivity index (χ3n) is 4.35. The van der Waals surface area contributed by atoms with Gasteiger partial charge in [-0.2, -0.15) is 0 Å². The third kappa shape index (κ3) is 1.77. The van der Waals surface area contributed by atoms with Gasteiger partial charge in [0.05, 0.1) is 5.52 Å². The van der Waals surface area contributed by atoms with Crippen LogP contribution in [0.1, 0.15) is 22.7 Å². The average Bonchev–Trinajstić information content (AvgIpc) is 2.97. The van der Waals surface area contributed by atoms with E-state index in [1.54, 1.807) is 18.3 Å². The molecule has 1 unspecified atom stereocenters. The van der Waals surface area contributed by atoms with Gasteiger partial charge in [-0.3, -0.25) is 4.79 Å². The lowest BCUT2D eigenvalue weighted by molar-refractivity contribution is -0.123. The van der Waals surface area contributed by atoms with Crippen molar-refractivity contribution in [2.45, 2.75) is 19.5 Å². The van der Waals surface area contributed by atoms with Crippen LogP contribution in [0.3, 0.4) is 0 Å². The Balaban J connectivity index is 2.00. The van der Waals surface area contributed by atoms with E-state index in [1.807, 2.05) is 35.8 Å². The molecule has 22 heavy (non-hydrogen) atoms. The van der Waals surface area contributed by atoms with Gasteiger partial charge in [0.25, 0.3) is 0 Å². The standard InChI is InChI=1S/C18H15FN2O/c1-11-6-7-15(19)14-8-9-21(16(11)14)17-13-5-3-2-4-12(13)10-20-18(17)22/h2-9,17H,10H2,1H3,(H,20,22). The molecule has 1 atom stereocenters. The minimum atomic E-state index is -0.456. The summed E-state index contributed by atoms with van der Waals surface area (Å²) in [7, 11) is 0. The predicted octanol–water partition coefficient (Wildman–Crippen LogP) is 3.31. The molecule has 3 aromatic rings. The lowest BCUT2D eigenvalue weighted by Crippen LogP contribution is -2.37. The number of benzene rings is 2. The largest absolute Gasteiger partial charge is 0.350 e. The van der Waals surface area contributed by atoms with Crippen molar-refractivity contribution >= 4 is 16.8 Å². The van der Waals surface area contributed by atoms with E-state index >= 15 is 0 Å². The Morgan fingerprint density at radius 2 is 2.00 bits per heavy atom. The first-order chi connectivity index (χ1) is 10.7. The fraction of sp³-hybridized carbons (Fsp3) is 0.167. The van der Waals surface area contributed by atoms with Gasteiger partial charge in [-0.05, 0) is 35.7 Å². The number of amides is 1. The molecular weight excluding hydrogens is 279 g/mol. The highest BCUT2D eigenvalue weighted by atomic mass is 19.1. The molecule has 1 N–H and O–H groups in total. The molecule has 4 heteroatoms. The summed E-state index contributed by atoms with van der Waals surface area (Å²) in [4.78, 5) is 12.5. The van der Waals surface area contributed by atoms with Crippen molar-refractivity contribution in [3.05, 3.63) is 71.2 Å². The number of carbonyl (C=O) groups is 1. The van der Waals surface area contributed by atoms with Gasteiger partial charge in [0.2, 0.25) is 5.91 Å². The second-order valence-corrected chi connectivity index (χ2v) is 5.67. The first-order valence-electron chi connectivity index (χ1n) is 7.28. The molecule has 0 radical (unpaired) electrons. The van der Waals surface area contributed by atoms with E-state index in [1.165, 1.54) is 6.07 Å². The summed E-state index contributed by atoms with van der Waals surface area (Å²) in [5.74, 6) is -0.316. The van der Waals surface area contributed by atoms with E-state index in [9.17, 15) is 9.18 Å². The molecule has 0 saturated carbocycles. The van der Waals surface area contributed by atoms with Crippen LogP contribution in [0.15, 0.2) is 48.7 Å². The van der Waals surface area contributed by atoms with Gasteiger partial charge in [-0.25, -0.2) is 4.39 Å². The third-order valence-corrected chi connectivity index (χ3v) is 4.35. The number of nitrogens with zero attached hydrogens (tertiary/aromatic N) is 1. The van der Waals surface area contributed by atoms with Gasteiger partial charge in [0, 0.05) is 18.1 Å². The van der Waals surface area contributed by atoms with Crippen LogP contribution < -0.4 is 5.32 Å². The van der Waals surface area contributed by atoms with Gasteiger partial charge < -0.3 is 9.88 Å². The molecule has 4 rings (SSSR count). The van der Waals surface area contributed by atoms with E-state index in [0.717, 1.165) is 22.2 Å². The van der Waals surface area contributed by atoms with Crippen molar-refractivity contribution in [2.75, 3.05) is 0 Å². The lowest BCUT2D eigenvalue weighted by Gasteiger charge is -2.27. The molecule has 1 aliphatic heterocycles. The lowest BCUT2D eigenvalue weighted by atomic mass is 9.95. The minimum Gasteiger partial charge on any atom is -0.350 e. The van der Waals surface area contributed by atoms with E-state index < -0.39 is 6.04 Å². The van der Waals surface area contributed by atoms with Gasteiger partial charge in [-0.15, -0.1) is 0 Å². The number of fused-ring (bicyclic) bond motifs is 2. The summed E-state index contributed by atoms with van der Waals surface area (Å²) in [6, 6.07) is 12.4. The molecule has 0 fully saturated rings. The Kier molecular flexibility index (Phi) is 2.79. The fourth-order valence-electron chi connectivity index (χ4n) is 3.30. The highest BCUT2D eigenvalue weighted by molar-refractivity contribution is 5.90. The van der Waals surface area contributed by atoms with E-state index in [-0.39, 0.29) is 11.7 Å². The van der Waals surface area contributed by atoms with Crippen LogP contribution >= 0.6 is 0 Å². The Morgan fingerprint density at radius 1 is 1.18 bits per heavy atom. The van der Waals surface area contributed by atoms with Crippen molar-refractivity contribution in [1.82, 2.24) is 9.88 Å². The molecule has 2 aromatic carbocycles. The summed E-state index contributed by atoms with van der Waals surface area (Å²) in [6.45, 7) is 2.48. The van der Waals surface area contributed by atoms with Crippen LogP contribution in [0.5, 0.6) is 0 Å². The number of hydrogen-bond donors (Lipinski definition) is 1. The molecule has 1 aliphatic rings. The number of rotatable bonds is 1. The van der Waals surface area contributed by atoms with Gasteiger partial charge in [-0.1, -0.05) is 30.3 Å². The molecule has 3 nitrogen and oxygen atoms in total. The maximum atomic E-state index is 14.0. The molecule has 1 amide bonds. The number of nitrogens with one attached hydrogen (secondary N) is 1. The first-order valence-corrected chi connectivity index (χ1v) is 7.28. The molecule has 2 heterocycles. The van der Waals surface area contributed by atoms with E-state index in [4.69, 9.17) is 0 Å².